The molecule has 2 aliphatic rings. The van der Waals surface area contributed by atoms with Crippen molar-refractivity contribution in [2.45, 2.75) is 44.4 Å². The molecule has 6 rings (SSSR count). The lowest BCUT2D eigenvalue weighted by Gasteiger charge is -2.37. The number of halogens is 3. The van der Waals surface area contributed by atoms with Gasteiger partial charge in [0.15, 0.2) is 0 Å². The van der Waals surface area contributed by atoms with Crippen LogP contribution in [0, 0.1) is 0 Å². The van der Waals surface area contributed by atoms with Gasteiger partial charge in [-0.05, 0) is 65.3 Å². The Morgan fingerprint density at radius 3 is 2.19 bits per heavy atom. The van der Waals surface area contributed by atoms with E-state index in [0.29, 0.717) is 31.6 Å². The molecule has 228 valence electrons. The second-order valence-corrected chi connectivity index (χ2v) is 11.6. The summed E-state index contributed by atoms with van der Waals surface area (Å²) < 4.78 is 46.1. The maximum Gasteiger partial charge on any atom is 0.416 e. The van der Waals surface area contributed by atoms with Crippen molar-refractivity contribution < 1.29 is 23.0 Å². The molecule has 0 amide bonds. The smallest absolute Gasteiger partial charge is 0.416 e. The molecule has 10 heteroatoms. The van der Waals surface area contributed by atoms with E-state index in [1.54, 1.807) is 19.2 Å². The molecule has 1 atom stereocenters. The Kier molecular flexibility index (Phi) is 8.72. The average Bonchev–Trinajstić information content (AvgIpc) is 3.45. The number of pyridine rings is 1. The molecule has 2 aromatic heterocycles. The first-order chi connectivity index (χ1) is 20.8. The van der Waals surface area contributed by atoms with E-state index in [2.05, 4.69) is 54.7 Å². The van der Waals surface area contributed by atoms with Crippen LogP contribution in [0.25, 0.3) is 10.9 Å². The minimum atomic E-state index is -4.32. The number of hydrogen-bond donors (Lipinski definition) is 1. The van der Waals surface area contributed by atoms with Gasteiger partial charge in [-0.25, -0.2) is 4.98 Å². The van der Waals surface area contributed by atoms with Gasteiger partial charge in [0.05, 0.1) is 12.7 Å². The minimum Gasteiger partial charge on any atom is -0.481 e. The second-order valence-electron chi connectivity index (χ2n) is 11.6. The lowest BCUT2D eigenvalue weighted by atomic mass is 10.0. The summed E-state index contributed by atoms with van der Waals surface area (Å²) in [5, 5.41) is 12.3. The first kappa shape index (κ1) is 29.6. The van der Waals surface area contributed by atoms with Crippen molar-refractivity contribution in [3.63, 3.8) is 0 Å². The van der Waals surface area contributed by atoms with Gasteiger partial charge in [-0.3, -0.25) is 14.7 Å². The predicted molar refractivity (Wildman–Crippen MR) is 160 cm³/mol. The van der Waals surface area contributed by atoms with Crippen LogP contribution in [-0.4, -0.2) is 75.7 Å². The minimum absolute atomic E-state index is 0.441. The number of aliphatic hydroxyl groups excluding tert-OH is 1. The van der Waals surface area contributed by atoms with Gasteiger partial charge >= 0.3 is 6.18 Å². The zero-order valence-corrected chi connectivity index (χ0v) is 24.4. The third kappa shape index (κ3) is 6.88. The number of rotatable bonds is 8. The highest BCUT2D eigenvalue weighted by Crippen LogP contribution is 2.32. The van der Waals surface area contributed by atoms with E-state index in [1.807, 2.05) is 18.3 Å². The van der Waals surface area contributed by atoms with Crippen molar-refractivity contribution in [2.24, 2.45) is 0 Å². The summed E-state index contributed by atoms with van der Waals surface area (Å²) in [5.41, 5.74) is 3.49. The lowest BCUT2D eigenvalue weighted by Crippen LogP contribution is -2.47. The van der Waals surface area contributed by atoms with Crippen LogP contribution in [0.1, 0.15) is 47.4 Å². The van der Waals surface area contributed by atoms with Crippen molar-refractivity contribution in [3.05, 3.63) is 95.3 Å². The van der Waals surface area contributed by atoms with Crippen molar-refractivity contribution in [1.82, 2.24) is 24.3 Å². The number of likely N-dealkylation sites (tertiary alicyclic amines) is 1. The third-order valence-corrected chi connectivity index (χ3v) is 8.85. The fourth-order valence-electron chi connectivity index (χ4n) is 6.33. The monoisotopic (exact) mass is 593 g/mol. The van der Waals surface area contributed by atoms with Crippen LogP contribution in [0.3, 0.4) is 0 Å². The molecule has 0 bridgehead atoms. The summed E-state index contributed by atoms with van der Waals surface area (Å²) >= 11 is 0. The number of benzene rings is 2. The molecule has 0 aliphatic carbocycles. The van der Waals surface area contributed by atoms with Gasteiger partial charge in [-0.15, -0.1) is 0 Å². The van der Waals surface area contributed by atoms with Crippen molar-refractivity contribution in [2.75, 3.05) is 46.4 Å². The highest BCUT2D eigenvalue weighted by atomic mass is 19.4. The SMILES string of the molecule is COc1ccc(CN2CCC(n3ccc4cc(C(O)N5CCN(Cc6ccc(C(F)(F)F)cc6)CC5)ccc43)CC2)cn1. The Hall–Kier alpha value is -3.44. The molecule has 0 saturated carbocycles. The topological polar surface area (TPSA) is 57.0 Å². The van der Waals surface area contributed by atoms with Crippen LogP contribution in [0.15, 0.2) is 73.1 Å². The zero-order chi connectivity index (χ0) is 30.0. The Morgan fingerprint density at radius 1 is 0.860 bits per heavy atom. The summed E-state index contributed by atoms with van der Waals surface area (Å²) in [6.45, 7) is 6.39. The molecule has 0 radical (unpaired) electrons. The van der Waals surface area contributed by atoms with E-state index >= 15 is 0 Å². The van der Waals surface area contributed by atoms with Crippen LogP contribution in [-0.2, 0) is 19.3 Å². The molecule has 4 heterocycles. The first-order valence-electron chi connectivity index (χ1n) is 14.9. The number of ether oxygens (including phenoxy) is 1. The number of aliphatic hydroxyl groups is 1. The van der Waals surface area contributed by atoms with Gasteiger partial charge in [-0.2, -0.15) is 13.2 Å². The standard InChI is InChI=1S/C33H38F3N5O2/c1-43-31-9-4-25(21-37-31)23-38-13-11-29(12-14-38)41-15-10-26-20-27(5-8-30(26)41)32(42)40-18-16-39(17-19-40)22-24-2-6-28(7-3-24)33(34,35)36/h2-10,15,20-21,29,32,42H,11-14,16-19,22-23H2,1H3. The number of piperazine rings is 1. The molecular weight excluding hydrogens is 555 g/mol. The van der Waals surface area contributed by atoms with Crippen molar-refractivity contribution in [3.8, 4) is 5.88 Å². The van der Waals surface area contributed by atoms with E-state index in [9.17, 15) is 18.3 Å². The molecule has 2 aromatic carbocycles. The Balaban J connectivity index is 1.01. The summed E-state index contributed by atoms with van der Waals surface area (Å²) in [7, 11) is 1.63. The van der Waals surface area contributed by atoms with Gasteiger partial charge in [-0.1, -0.05) is 24.3 Å². The maximum absolute atomic E-state index is 12.9. The maximum atomic E-state index is 12.9. The van der Waals surface area contributed by atoms with Crippen molar-refractivity contribution in [1.29, 1.82) is 0 Å². The van der Waals surface area contributed by atoms with E-state index < -0.39 is 18.0 Å². The van der Waals surface area contributed by atoms with Gasteiger partial charge in [0, 0.05) is 82.4 Å². The summed E-state index contributed by atoms with van der Waals surface area (Å²) in [6, 6.07) is 18.2. The summed E-state index contributed by atoms with van der Waals surface area (Å²) in [5.74, 6) is 0.634. The molecule has 2 saturated heterocycles. The van der Waals surface area contributed by atoms with Gasteiger partial charge in [0.2, 0.25) is 5.88 Å². The number of alkyl halides is 3. The van der Waals surface area contributed by atoms with Crippen LogP contribution < -0.4 is 4.74 Å². The van der Waals surface area contributed by atoms with Crippen LogP contribution in [0.2, 0.25) is 0 Å². The molecular formula is C33H38F3N5O2. The zero-order valence-electron chi connectivity index (χ0n) is 24.4. The molecule has 1 N–H and O–H groups in total. The number of methoxy groups -OCH3 is 1. The predicted octanol–water partition coefficient (Wildman–Crippen LogP) is 5.71. The molecule has 2 aliphatic heterocycles. The molecule has 1 unspecified atom stereocenters. The molecule has 43 heavy (non-hydrogen) atoms. The summed E-state index contributed by atoms with van der Waals surface area (Å²) in [6.07, 6.45) is 1.20. The normalized spacial score (nSPS) is 18.7. The van der Waals surface area contributed by atoms with Crippen LogP contribution in [0.4, 0.5) is 13.2 Å². The average molecular weight is 594 g/mol. The first-order valence-corrected chi connectivity index (χ1v) is 14.9. The number of nitrogens with zero attached hydrogens (tertiary/aromatic N) is 5. The van der Waals surface area contributed by atoms with Gasteiger partial charge < -0.3 is 14.4 Å². The lowest BCUT2D eigenvalue weighted by molar-refractivity contribution is -0.137. The van der Waals surface area contributed by atoms with E-state index in [-0.39, 0.29) is 0 Å². The second kappa shape index (κ2) is 12.7. The van der Waals surface area contributed by atoms with E-state index in [1.165, 1.54) is 11.1 Å². The summed E-state index contributed by atoms with van der Waals surface area (Å²) in [4.78, 5) is 11.1. The Labute approximate surface area is 250 Å². The highest BCUT2D eigenvalue weighted by molar-refractivity contribution is 5.81. The Morgan fingerprint density at radius 2 is 1.53 bits per heavy atom. The van der Waals surface area contributed by atoms with Crippen LogP contribution >= 0.6 is 0 Å². The largest absolute Gasteiger partial charge is 0.481 e. The molecule has 0 spiro atoms. The number of fused-ring (bicyclic) bond motifs is 1. The fourth-order valence-corrected chi connectivity index (χ4v) is 6.33. The van der Waals surface area contributed by atoms with E-state index in [4.69, 9.17) is 4.74 Å². The Bertz CT molecular complexity index is 1490. The molecule has 7 nitrogen and oxygen atoms in total. The van der Waals surface area contributed by atoms with Crippen LogP contribution in [0.5, 0.6) is 5.88 Å². The molecule has 2 fully saturated rings. The quantitative estimate of drug-likeness (QED) is 0.283. The number of aromatic nitrogens is 2. The molecule has 4 aromatic rings. The highest BCUT2D eigenvalue weighted by Gasteiger charge is 2.30. The third-order valence-electron chi connectivity index (χ3n) is 8.85. The fraction of sp³-hybridized carbons (Fsp3) is 0.424. The van der Waals surface area contributed by atoms with Crippen molar-refractivity contribution >= 4 is 10.9 Å². The van der Waals surface area contributed by atoms with Gasteiger partial charge in [0.25, 0.3) is 0 Å². The number of hydrogen-bond acceptors (Lipinski definition) is 6. The van der Waals surface area contributed by atoms with Gasteiger partial charge in [0.1, 0.15) is 6.23 Å². The van der Waals surface area contributed by atoms with E-state index in [0.717, 1.165) is 74.2 Å². The number of piperidine rings is 1.